The van der Waals surface area contributed by atoms with Gasteiger partial charge in [-0.05, 0) is 109 Å². The SMILES string of the molecule is c1ccc(-c2ccc(N(c3ccc(-c4ccc5c(c4)oc4cnccc45)cc3)c3ccc4ccc5ccc6ccccc6c5c4c3)cc2)cc1. The normalized spacial score (nSPS) is 11.6. The summed E-state index contributed by atoms with van der Waals surface area (Å²) in [6, 6.07) is 61.2. The smallest absolute Gasteiger partial charge is 0.153 e. The second kappa shape index (κ2) is 11.5. The largest absolute Gasteiger partial charge is 0.454 e. The third-order valence-corrected chi connectivity index (χ3v) is 9.94. The average Bonchev–Trinajstić information content (AvgIpc) is 3.56. The van der Waals surface area contributed by atoms with Crippen LogP contribution in [0.25, 0.3) is 76.5 Å². The molecule has 0 bridgehead atoms. The summed E-state index contributed by atoms with van der Waals surface area (Å²) in [7, 11) is 0. The Hall–Kier alpha value is -6.71. The van der Waals surface area contributed by atoms with Crippen LogP contribution in [0.1, 0.15) is 0 Å². The minimum absolute atomic E-state index is 0.806. The molecule has 3 nitrogen and oxygen atoms in total. The molecule has 10 aromatic rings. The molecule has 50 heavy (non-hydrogen) atoms. The number of benzene rings is 8. The van der Waals surface area contributed by atoms with Crippen LogP contribution in [0.15, 0.2) is 187 Å². The van der Waals surface area contributed by atoms with Gasteiger partial charge in [0.2, 0.25) is 0 Å². The van der Waals surface area contributed by atoms with E-state index in [1.165, 1.54) is 43.4 Å². The molecule has 0 radical (unpaired) electrons. The van der Waals surface area contributed by atoms with Gasteiger partial charge in [-0.3, -0.25) is 4.98 Å². The number of pyridine rings is 1. The van der Waals surface area contributed by atoms with E-state index >= 15 is 0 Å². The summed E-state index contributed by atoms with van der Waals surface area (Å²) in [5.74, 6) is 0. The first-order valence-corrected chi connectivity index (χ1v) is 16.9. The molecule has 0 N–H and O–H groups in total. The van der Waals surface area contributed by atoms with E-state index in [2.05, 4.69) is 174 Å². The lowest BCUT2D eigenvalue weighted by molar-refractivity contribution is 0.667. The van der Waals surface area contributed by atoms with Crippen LogP contribution < -0.4 is 4.90 Å². The Kier molecular flexibility index (Phi) is 6.49. The van der Waals surface area contributed by atoms with Gasteiger partial charge in [0.15, 0.2) is 5.58 Å². The van der Waals surface area contributed by atoms with Crippen molar-refractivity contribution in [1.82, 2.24) is 4.98 Å². The second-order valence-corrected chi connectivity index (χ2v) is 12.8. The lowest BCUT2D eigenvalue weighted by Crippen LogP contribution is -2.09. The van der Waals surface area contributed by atoms with Crippen LogP contribution in [-0.2, 0) is 0 Å². The Morgan fingerprint density at radius 1 is 0.380 bits per heavy atom. The maximum Gasteiger partial charge on any atom is 0.153 e. The van der Waals surface area contributed by atoms with Gasteiger partial charge in [-0.25, -0.2) is 0 Å². The molecule has 10 rings (SSSR count). The number of aromatic nitrogens is 1. The molecule has 0 spiro atoms. The van der Waals surface area contributed by atoms with E-state index in [1.807, 2.05) is 12.3 Å². The molecule has 0 aliphatic heterocycles. The zero-order chi connectivity index (χ0) is 33.0. The maximum atomic E-state index is 6.16. The molecule has 0 unspecified atom stereocenters. The Balaban J connectivity index is 1.11. The number of hydrogen-bond acceptors (Lipinski definition) is 3. The molecule has 0 amide bonds. The van der Waals surface area contributed by atoms with Crippen molar-refractivity contribution >= 4 is 71.3 Å². The molecule has 3 heteroatoms. The first-order valence-electron chi connectivity index (χ1n) is 16.9. The van der Waals surface area contributed by atoms with Crippen molar-refractivity contribution in [2.45, 2.75) is 0 Å². The fourth-order valence-electron chi connectivity index (χ4n) is 7.45. The predicted octanol–water partition coefficient (Wildman–Crippen LogP) is 13.2. The molecule has 0 saturated heterocycles. The van der Waals surface area contributed by atoms with Gasteiger partial charge in [-0.2, -0.15) is 0 Å². The Morgan fingerprint density at radius 3 is 1.74 bits per heavy atom. The lowest BCUT2D eigenvalue weighted by Gasteiger charge is -2.26. The van der Waals surface area contributed by atoms with Crippen LogP contribution in [0.3, 0.4) is 0 Å². The topological polar surface area (TPSA) is 29.3 Å². The van der Waals surface area contributed by atoms with E-state index in [1.54, 1.807) is 6.20 Å². The molecular formula is C47H30N2O. The molecule has 0 aliphatic rings. The monoisotopic (exact) mass is 638 g/mol. The maximum absolute atomic E-state index is 6.16. The van der Waals surface area contributed by atoms with Crippen LogP contribution in [0.4, 0.5) is 17.1 Å². The highest BCUT2D eigenvalue weighted by Gasteiger charge is 2.16. The van der Waals surface area contributed by atoms with Crippen molar-refractivity contribution in [3.05, 3.63) is 182 Å². The minimum Gasteiger partial charge on any atom is -0.454 e. The Labute approximate surface area is 289 Å². The van der Waals surface area contributed by atoms with E-state index in [0.717, 1.165) is 50.1 Å². The third-order valence-electron chi connectivity index (χ3n) is 9.94. The predicted molar refractivity (Wildman–Crippen MR) is 210 cm³/mol. The first-order chi connectivity index (χ1) is 24.8. The van der Waals surface area contributed by atoms with E-state index in [0.29, 0.717) is 0 Å². The van der Waals surface area contributed by atoms with Crippen LogP contribution in [0.5, 0.6) is 0 Å². The molecule has 2 aromatic heterocycles. The zero-order valence-corrected chi connectivity index (χ0v) is 27.1. The van der Waals surface area contributed by atoms with Gasteiger partial charge in [0.25, 0.3) is 0 Å². The van der Waals surface area contributed by atoms with Crippen LogP contribution in [-0.4, -0.2) is 4.98 Å². The quantitative estimate of drug-likeness (QED) is 0.176. The van der Waals surface area contributed by atoms with Crippen molar-refractivity contribution in [3.8, 4) is 22.3 Å². The molecular weight excluding hydrogens is 609 g/mol. The van der Waals surface area contributed by atoms with E-state index in [4.69, 9.17) is 4.42 Å². The Bertz CT molecular complexity index is 2850. The molecule has 234 valence electrons. The van der Waals surface area contributed by atoms with Crippen molar-refractivity contribution < 1.29 is 4.42 Å². The van der Waals surface area contributed by atoms with Crippen molar-refractivity contribution in [1.29, 1.82) is 0 Å². The highest BCUT2D eigenvalue weighted by molar-refractivity contribution is 6.20. The summed E-state index contributed by atoms with van der Waals surface area (Å²) in [5.41, 5.74) is 9.60. The van der Waals surface area contributed by atoms with Gasteiger partial charge >= 0.3 is 0 Å². The number of hydrogen-bond donors (Lipinski definition) is 0. The summed E-state index contributed by atoms with van der Waals surface area (Å²) in [4.78, 5) is 6.59. The lowest BCUT2D eigenvalue weighted by atomic mass is 9.96. The highest BCUT2D eigenvalue weighted by atomic mass is 16.3. The van der Waals surface area contributed by atoms with Crippen LogP contribution in [0, 0.1) is 0 Å². The molecule has 2 heterocycles. The molecule has 8 aromatic carbocycles. The number of nitrogens with zero attached hydrogens (tertiary/aromatic N) is 2. The van der Waals surface area contributed by atoms with Crippen LogP contribution in [0.2, 0.25) is 0 Å². The van der Waals surface area contributed by atoms with Gasteiger partial charge < -0.3 is 9.32 Å². The number of anilines is 3. The highest BCUT2D eigenvalue weighted by Crippen LogP contribution is 2.41. The van der Waals surface area contributed by atoms with E-state index in [-0.39, 0.29) is 0 Å². The third kappa shape index (κ3) is 4.71. The van der Waals surface area contributed by atoms with Gasteiger partial charge in [0.1, 0.15) is 5.58 Å². The minimum atomic E-state index is 0.806. The summed E-state index contributed by atoms with van der Waals surface area (Å²) >= 11 is 0. The molecule has 0 atom stereocenters. The summed E-state index contributed by atoms with van der Waals surface area (Å²) in [5, 5.41) is 9.71. The molecule has 0 aliphatic carbocycles. The van der Waals surface area contributed by atoms with Gasteiger partial charge in [-0.15, -0.1) is 0 Å². The number of furan rings is 1. The summed E-state index contributed by atoms with van der Waals surface area (Å²) in [6.07, 6.45) is 3.59. The van der Waals surface area contributed by atoms with Gasteiger partial charge in [-0.1, -0.05) is 115 Å². The van der Waals surface area contributed by atoms with Crippen molar-refractivity contribution in [3.63, 3.8) is 0 Å². The molecule has 0 saturated carbocycles. The van der Waals surface area contributed by atoms with Crippen LogP contribution >= 0.6 is 0 Å². The average molecular weight is 639 g/mol. The Morgan fingerprint density at radius 2 is 0.960 bits per heavy atom. The summed E-state index contributed by atoms with van der Waals surface area (Å²) in [6.45, 7) is 0. The molecule has 0 fully saturated rings. The van der Waals surface area contributed by atoms with Gasteiger partial charge in [0.05, 0.1) is 6.20 Å². The zero-order valence-electron chi connectivity index (χ0n) is 27.1. The van der Waals surface area contributed by atoms with Crippen molar-refractivity contribution in [2.24, 2.45) is 0 Å². The fraction of sp³-hybridized carbons (Fsp3) is 0. The number of fused-ring (bicyclic) bond motifs is 8. The standard InChI is InChI=1S/C47H30N2O/c1-2-6-31(7-3-1)32-14-20-38(21-15-32)49(40-24-18-35-11-13-36-12-10-34-8-4-5-9-41(34)47(36)44(35)29-40)39-22-16-33(17-23-39)37-19-25-42-43-26-27-48-30-46(43)50-45(42)28-37/h1-30H. The van der Waals surface area contributed by atoms with E-state index < -0.39 is 0 Å². The second-order valence-electron chi connectivity index (χ2n) is 12.8. The number of rotatable bonds is 5. The first kappa shape index (κ1) is 28.3. The van der Waals surface area contributed by atoms with Gasteiger partial charge in [0, 0.05) is 34.0 Å². The fourth-order valence-corrected chi connectivity index (χ4v) is 7.45. The van der Waals surface area contributed by atoms with Crippen molar-refractivity contribution in [2.75, 3.05) is 4.90 Å². The van der Waals surface area contributed by atoms with E-state index in [9.17, 15) is 0 Å². The summed E-state index contributed by atoms with van der Waals surface area (Å²) < 4.78 is 6.16.